The molecule has 0 spiro atoms. The number of halogens is 1. The Kier molecular flexibility index (Phi) is 6.48. The van der Waals surface area contributed by atoms with Crippen molar-refractivity contribution in [3.63, 3.8) is 0 Å². The SMILES string of the molecule is CCOc1ccc2nc(NC(=O)c3nnn(C4CCNCC4)c3C)sc2c1.Cl. The number of amides is 1. The number of rotatable bonds is 5. The van der Waals surface area contributed by atoms with Crippen LogP contribution in [0.3, 0.4) is 0 Å². The van der Waals surface area contributed by atoms with Crippen LogP contribution in [0.15, 0.2) is 18.2 Å². The number of thiazole rings is 1. The summed E-state index contributed by atoms with van der Waals surface area (Å²) in [4.78, 5) is 17.2. The highest BCUT2D eigenvalue weighted by Gasteiger charge is 2.23. The molecule has 28 heavy (non-hydrogen) atoms. The first-order valence-electron chi connectivity index (χ1n) is 9.13. The second-order valence-corrected chi connectivity index (χ2v) is 7.52. The fraction of sp³-hybridized carbons (Fsp3) is 0.444. The third-order valence-corrected chi connectivity index (χ3v) is 5.62. The third-order valence-electron chi connectivity index (χ3n) is 4.69. The summed E-state index contributed by atoms with van der Waals surface area (Å²) in [6.45, 7) is 6.37. The number of ether oxygens (including phenoxy) is 1. The van der Waals surface area contributed by atoms with Gasteiger partial charge < -0.3 is 10.1 Å². The molecular formula is C18H23ClN6O2S. The van der Waals surface area contributed by atoms with Crippen molar-refractivity contribution in [2.75, 3.05) is 25.0 Å². The highest BCUT2D eigenvalue weighted by molar-refractivity contribution is 7.22. The highest BCUT2D eigenvalue weighted by atomic mass is 35.5. The van der Waals surface area contributed by atoms with Crippen LogP contribution in [0.5, 0.6) is 5.75 Å². The van der Waals surface area contributed by atoms with Crippen molar-refractivity contribution < 1.29 is 9.53 Å². The maximum Gasteiger partial charge on any atom is 0.279 e. The van der Waals surface area contributed by atoms with Crippen LogP contribution >= 0.6 is 23.7 Å². The minimum absolute atomic E-state index is 0. The molecule has 0 aliphatic carbocycles. The van der Waals surface area contributed by atoms with Gasteiger partial charge in [0.1, 0.15) is 5.75 Å². The molecular weight excluding hydrogens is 400 g/mol. The Morgan fingerprint density at radius 1 is 1.39 bits per heavy atom. The summed E-state index contributed by atoms with van der Waals surface area (Å²) in [7, 11) is 0. The molecule has 1 saturated heterocycles. The number of nitrogens with zero attached hydrogens (tertiary/aromatic N) is 4. The van der Waals surface area contributed by atoms with Gasteiger partial charge in [-0.15, -0.1) is 17.5 Å². The van der Waals surface area contributed by atoms with E-state index in [1.807, 2.05) is 36.7 Å². The molecule has 1 aromatic carbocycles. The van der Waals surface area contributed by atoms with E-state index in [9.17, 15) is 4.79 Å². The zero-order valence-corrected chi connectivity index (χ0v) is 17.4. The lowest BCUT2D eigenvalue weighted by atomic mass is 10.1. The predicted octanol–water partition coefficient (Wildman–Crippen LogP) is 3.19. The average Bonchev–Trinajstić information content (AvgIpc) is 3.25. The maximum absolute atomic E-state index is 12.7. The van der Waals surface area contributed by atoms with Gasteiger partial charge >= 0.3 is 0 Å². The van der Waals surface area contributed by atoms with Crippen LogP contribution in [-0.2, 0) is 0 Å². The van der Waals surface area contributed by atoms with E-state index >= 15 is 0 Å². The molecule has 3 heterocycles. The Morgan fingerprint density at radius 3 is 2.93 bits per heavy atom. The second kappa shape index (κ2) is 8.85. The Bertz CT molecular complexity index is 966. The van der Waals surface area contributed by atoms with Crippen molar-refractivity contribution in [2.45, 2.75) is 32.7 Å². The Labute approximate surface area is 173 Å². The van der Waals surface area contributed by atoms with E-state index in [1.54, 1.807) is 0 Å². The van der Waals surface area contributed by atoms with Gasteiger partial charge in [0, 0.05) is 0 Å². The summed E-state index contributed by atoms with van der Waals surface area (Å²) in [5, 5.41) is 15.1. The molecule has 1 fully saturated rings. The lowest BCUT2D eigenvalue weighted by molar-refractivity contribution is 0.102. The molecule has 0 atom stereocenters. The number of carbonyl (C=O) groups is 1. The van der Waals surface area contributed by atoms with E-state index in [-0.39, 0.29) is 18.3 Å². The number of hydrogen-bond acceptors (Lipinski definition) is 7. The van der Waals surface area contributed by atoms with Crippen LogP contribution in [0.2, 0.25) is 0 Å². The molecule has 150 valence electrons. The molecule has 1 aliphatic rings. The van der Waals surface area contributed by atoms with Gasteiger partial charge in [-0.1, -0.05) is 16.6 Å². The number of fused-ring (bicyclic) bond motifs is 1. The van der Waals surface area contributed by atoms with E-state index < -0.39 is 0 Å². The number of hydrogen-bond donors (Lipinski definition) is 2. The monoisotopic (exact) mass is 422 g/mol. The molecule has 4 rings (SSSR count). The van der Waals surface area contributed by atoms with Crippen molar-refractivity contribution >= 4 is 45.0 Å². The first-order chi connectivity index (χ1) is 13.2. The van der Waals surface area contributed by atoms with Crippen molar-refractivity contribution in [3.05, 3.63) is 29.6 Å². The first kappa shape index (κ1) is 20.5. The largest absolute Gasteiger partial charge is 0.494 e. The number of carbonyl (C=O) groups excluding carboxylic acids is 1. The normalized spacial score (nSPS) is 14.6. The van der Waals surface area contributed by atoms with Gasteiger partial charge in [0.25, 0.3) is 5.91 Å². The van der Waals surface area contributed by atoms with Crippen LogP contribution in [0, 0.1) is 6.92 Å². The second-order valence-electron chi connectivity index (χ2n) is 6.48. The van der Waals surface area contributed by atoms with E-state index in [4.69, 9.17) is 4.74 Å². The standard InChI is InChI=1S/C18H22N6O2S.ClH/c1-3-26-13-4-5-14-15(10-13)27-18(20-14)21-17(25)16-11(2)24(23-22-16)12-6-8-19-9-7-12;/h4-5,10,12,19H,3,6-9H2,1-2H3,(H,20,21,25);1H. The van der Waals surface area contributed by atoms with Crippen LogP contribution in [0.4, 0.5) is 5.13 Å². The highest BCUT2D eigenvalue weighted by Crippen LogP contribution is 2.29. The number of benzene rings is 1. The summed E-state index contributed by atoms with van der Waals surface area (Å²) >= 11 is 1.41. The Balaban J connectivity index is 0.00000225. The minimum Gasteiger partial charge on any atom is -0.494 e. The molecule has 0 unspecified atom stereocenters. The van der Waals surface area contributed by atoms with E-state index in [1.165, 1.54) is 11.3 Å². The van der Waals surface area contributed by atoms with E-state index in [2.05, 4.69) is 25.9 Å². The quantitative estimate of drug-likeness (QED) is 0.655. The molecule has 2 aromatic heterocycles. The summed E-state index contributed by atoms with van der Waals surface area (Å²) < 4.78 is 8.36. The minimum atomic E-state index is -0.281. The van der Waals surface area contributed by atoms with Gasteiger partial charge in [0.15, 0.2) is 10.8 Å². The molecule has 0 bridgehead atoms. The van der Waals surface area contributed by atoms with Crippen molar-refractivity contribution in [2.24, 2.45) is 0 Å². The van der Waals surface area contributed by atoms with Gasteiger partial charge in [0.2, 0.25) is 0 Å². The molecule has 1 amide bonds. The van der Waals surface area contributed by atoms with Gasteiger partial charge in [-0.2, -0.15) is 0 Å². The van der Waals surface area contributed by atoms with Crippen LogP contribution in [0.1, 0.15) is 42.0 Å². The molecule has 1 aliphatic heterocycles. The van der Waals surface area contributed by atoms with Gasteiger partial charge in [0.05, 0.1) is 28.6 Å². The molecule has 8 nitrogen and oxygen atoms in total. The van der Waals surface area contributed by atoms with Crippen LogP contribution in [0.25, 0.3) is 10.2 Å². The molecule has 0 radical (unpaired) electrons. The van der Waals surface area contributed by atoms with E-state index in [0.717, 1.165) is 47.6 Å². The van der Waals surface area contributed by atoms with Crippen molar-refractivity contribution in [1.29, 1.82) is 0 Å². The number of aromatic nitrogens is 4. The topological polar surface area (TPSA) is 94.0 Å². The number of anilines is 1. The summed E-state index contributed by atoms with van der Waals surface area (Å²) in [5.41, 5.74) is 1.97. The van der Waals surface area contributed by atoms with Crippen LogP contribution < -0.4 is 15.4 Å². The van der Waals surface area contributed by atoms with Crippen molar-refractivity contribution in [1.82, 2.24) is 25.3 Å². The fourth-order valence-corrected chi connectivity index (χ4v) is 4.21. The summed E-state index contributed by atoms with van der Waals surface area (Å²) in [5.74, 6) is 0.518. The number of nitrogens with one attached hydrogen (secondary N) is 2. The van der Waals surface area contributed by atoms with Crippen LogP contribution in [-0.4, -0.2) is 45.6 Å². The fourth-order valence-electron chi connectivity index (χ4n) is 3.32. The smallest absolute Gasteiger partial charge is 0.279 e. The van der Waals surface area contributed by atoms with E-state index in [0.29, 0.717) is 23.5 Å². The molecule has 0 saturated carbocycles. The zero-order valence-electron chi connectivity index (χ0n) is 15.8. The molecule has 3 aromatic rings. The lowest BCUT2D eigenvalue weighted by Gasteiger charge is -2.23. The Morgan fingerprint density at radius 2 is 2.18 bits per heavy atom. The van der Waals surface area contributed by atoms with Crippen molar-refractivity contribution in [3.8, 4) is 5.75 Å². The molecule has 10 heteroatoms. The Hall–Kier alpha value is -2.23. The van der Waals surface area contributed by atoms with Gasteiger partial charge in [-0.05, 0) is 58.0 Å². The maximum atomic E-state index is 12.7. The number of piperidine rings is 1. The average molecular weight is 423 g/mol. The molecule has 2 N–H and O–H groups in total. The summed E-state index contributed by atoms with van der Waals surface area (Å²) in [6.07, 6.45) is 1.98. The third kappa shape index (κ3) is 4.11. The first-order valence-corrected chi connectivity index (χ1v) is 9.94. The summed E-state index contributed by atoms with van der Waals surface area (Å²) in [6, 6.07) is 6.00. The van der Waals surface area contributed by atoms with Gasteiger partial charge in [-0.25, -0.2) is 9.67 Å². The predicted molar refractivity (Wildman–Crippen MR) is 112 cm³/mol. The zero-order chi connectivity index (χ0) is 18.8. The van der Waals surface area contributed by atoms with Gasteiger partial charge in [-0.3, -0.25) is 10.1 Å². The lowest BCUT2D eigenvalue weighted by Crippen LogP contribution is -2.30.